The van der Waals surface area contributed by atoms with Crippen LogP contribution in [-0.4, -0.2) is 12.6 Å². The zero-order valence-corrected chi connectivity index (χ0v) is 9.97. The van der Waals surface area contributed by atoms with Crippen molar-refractivity contribution in [3.63, 3.8) is 0 Å². The molecular formula is C15H12O3. The molecule has 0 aliphatic carbocycles. The number of para-hydroxylation sites is 1. The molecule has 0 saturated carbocycles. The topological polar surface area (TPSA) is 35.5 Å². The molecular weight excluding hydrogens is 228 g/mol. The molecule has 3 nitrogen and oxygen atoms in total. The molecule has 2 aromatic rings. The molecule has 3 rings (SSSR count). The first-order chi connectivity index (χ1) is 8.75. The summed E-state index contributed by atoms with van der Waals surface area (Å²) < 4.78 is 10.8. The van der Waals surface area contributed by atoms with E-state index < -0.39 is 0 Å². The second-order valence-corrected chi connectivity index (χ2v) is 4.17. The monoisotopic (exact) mass is 240 g/mol. The molecule has 0 aromatic heterocycles. The number of Topliss-reactive ketones (excluding diaryl/α,β-unsaturated/α-hetero) is 1. The number of fused-ring (bicyclic) bond motifs is 1. The maximum absolute atomic E-state index is 11.2. The first-order valence-corrected chi connectivity index (χ1v) is 5.76. The first kappa shape index (κ1) is 10.8. The Kier molecular flexibility index (Phi) is 2.52. The number of carbonyl (C=O) groups is 1. The van der Waals surface area contributed by atoms with Gasteiger partial charge >= 0.3 is 0 Å². The fourth-order valence-electron chi connectivity index (χ4n) is 2.04. The van der Waals surface area contributed by atoms with E-state index in [1.54, 1.807) is 6.92 Å². The number of carbonyl (C=O) groups excluding carboxylic acids is 1. The van der Waals surface area contributed by atoms with Gasteiger partial charge in [0.15, 0.2) is 17.3 Å². The van der Waals surface area contributed by atoms with Crippen molar-refractivity contribution in [2.75, 3.05) is 6.79 Å². The zero-order valence-electron chi connectivity index (χ0n) is 9.97. The molecule has 90 valence electrons. The maximum Gasteiger partial charge on any atom is 0.231 e. The highest BCUT2D eigenvalue weighted by molar-refractivity contribution is 5.94. The predicted octanol–water partition coefficient (Wildman–Crippen LogP) is 3.28. The van der Waals surface area contributed by atoms with Crippen molar-refractivity contribution in [3.05, 3.63) is 48.0 Å². The van der Waals surface area contributed by atoms with Gasteiger partial charge in [-0.15, -0.1) is 0 Å². The lowest BCUT2D eigenvalue weighted by Crippen LogP contribution is -1.94. The van der Waals surface area contributed by atoms with Gasteiger partial charge in [-0.25, -0.2) is 0 Å². The molecule has 1 heterocycles. The second kappa shape index (κ2) is 4.18. The molecule has 0 bridgehead atoms. The number of rotatable bonds is 2. The summed E-state index contributed by atoms with van der Waals surface area (Å²) in [4.78, 5) is 11.2. The van der Waals surface area contributed by atoms with Crippen molar-refractivity contribution in [2.24, 2.45) is 0 Å². The Morgan fingerprint density at radius 1 is 1.06 bits per heavy atom. The minimum absolute atomic E-state index is 0.0689. The van der Waals surface area contributed by atoms with Crippen molar-refractivity contribution in [1.29, 1.82) is 0 Å². The second-order valence-electron chi connectivity index (χ2n) is 4.17. The average molecular weight is 240 g/mol. The molecule has 0 radical (unpaired) electrons. The Balaban J connectivity index is 2.05. The lowest BCUT2D eigenvalue weighted by atomic mass is 10.0. The molecule has 0 unspecified atom stereocenters. The van der Waals surface area contributed by atoms with Crippen LogP contribution in [0.1, 0.15) is 17.3 Å². The minimum atomic E-state index is 0.0689. The largest absolute Gasteiger partial charge is 0.454 e. The van der Waals surface area contributed by atoms with Crippen LogP contribution in [0.2, 0.25) is 0 Å². The van der Waals surface area contributed by atoms with E-state index >= 15 is 0 Å². The van der Waals surface area contributed by atoms with Gasteiger partial charge in [-0.1, -0.05) is 36.4 Å². The number of hydrogen-bond donors (Lipinski definition) is 0. The first-order valence-electron chi connectivity index (χ1n) is 5.76. The summed E-state index contributed by atoms with van der Waals surface area (Å²) in [5, 5.41) is 0. The molecule has 0 spiro atoms. The number of ether oxygens (including phenoxy) is 2. The van der Waals surface area contributed by atoms with Crippen LogP contribution in [0, 0.1) is 0 Å². The Bertz CT molecular complexity index is 600. The van der Waals surface area contributed by atoms with Gasteiger partial charge in [0.2, 0.25) is 6.79 Å². The van der Waals surface area contributed by atoms with E-state index in [2.05, 4.69) is 0 Å². The predicted molar refractivity (Wildman–Crippen MR) is 68.0 cm³/mol. The van der Waals surface area contributed by atoms with E-state index in [0.29, 0.717) is 5.56 Å². The molecule has 0 fully saturated rings. The van der Waals surface area contributed by atoms with E-state index in [0.717, 1.165) is 22.6 Å². The van der Waals surface area contributed by atoms with Gasteiger partial charge in [0.05, 0.1) is 0 Å². The third-order valence-electron chi connectivity index (χ3n) is 3.00. The van der Waals surface area contributed by atoms with Crippen LogP contribution >= 0.6 is 0 Å². The molecule has 2 aromatic carbocycles. The van der Waals surface area contributed by atoms with E-state index in [-0.39, 0.29) is 12.6 Å². The van der Waals surface area contributed by atoms with Crippen molar-refractivity contribution >= 4 is 5.78 Å². The third kappa shape index (κ3) is 1.74. The molecule has 0 atom stereocenters. The SMILES string of the molecule is CC(=O)c1ccc(-c2cccc3c2OCO3)cc1. The summed E-state index contributed by atoms with van der Waals surface area (Å²) in [6.07, 6.45) is 0. The van der Waals surface area contributed by atoms with Gasteiger partial charge in [0.25, 0.3) is 0 Å². The maximum atomic E-state index is 11.2. The van der Waals surface area contributed by atoms with Crippen LogP contribution < -0.4 is 9.47 Å². The molecule has 18 heavy (non-hydrogen) atoms. The van der Waals surface area contributed by atoms with Crippen molar-refractivity contribution in [2.45, 2.75) is 6.92 Å². The van der Waals surface area contributed by atoms with Gasteiger partial charge in [-0.05, 0) is 18.6 Å². The number of benzene rings is 2. The quantitative estimate of drug-likeness (QED) is 0.755. The lowest BCUT2D eigenvalue weighted by molar-refractivity contribution is 0.101. The normalized spacial score (nSPS) is 12.5. The molecule has 3 heteroatoms. The third-order valence-corrected chi connectivity index (χ3v) is 3.00. The summed E-state index contributed by atoms with van der Waals surface area (Å²) in [6, 6.07) is 13.3. The van der Waals surface area contributed by atoms with E-state index in [1.165, 1.54) is 0 Å². The van der Waals surface area contributed by atoms with Crippen LogP contribution in [0.25, 0.3) is 11.1 Å². The van der Waals surface area contributed by atoms with Gasteiger partial charge < -0.3 is 9.47 Å². The van der Waals surface area contributed by atoms with Crippen molar-refractivity contribution < 1.29 is 14.3 Å². The van der Waals surface area contributed by atoms with Gasteiger partial charge in [0.1, 0.15) is 0 Å². The minimum Gasteiger partial charge on any atom is -0.454 e. The molecule has 0 N–H and O–H groups in total. The fourth-order valence-corrected chi connectivity index (χ4v) is 2.04. The fraction of sp³-hybridized carbons (Fsp3) is 0.133. The zero-order chi connectivity index (χ0) is 12.5. The number of hydrogen-bond acceptors (Lipinski definition) is 3. The molecule has 1 aliphatic heterocycles. The van der Waals surface area contributed by atoms with Crippen LogP contribution in [0.15, 0.2) is 42.5 Å². The van der Waals surface area contributed by atoms with Crippen LogP contribution in [-0.2, 0) is 0 Å². The van der Waals surface area contributed by atoms with E-state index in [9.17, 15) is 4.79 Å². The van der Waals surface area contributed by atoms with Crippen molar-refractivity contribution in [3.8, 4) is 22.6 Å². The average Bonchev–Trinajstić information content (AvgIpc) is 2.87. The lowest BCUT2D eigenvalue weighted by Gasteiger charge is -2.06. The van der Waals surface area contributed by atoms with Crippen molar-refractivity contribution in [1.82, 2.24) is 0 Å². The van der Waals surface area contributed by atoms with E-state index in [4.69, 9.17) is 9.47 Å². The summed E-state index contributed by atoms with van der Waals surface area (Å²) in [5.74, 6) is 1.61. The Hall–Kier alpha value is -2.29. The standard InChI is InChI=1S/C15H12O3/c1-10(16)11-5-7-12(8-6-11)13-3-2-4-14-15(13)18-9-17-14/h2-8H,9H2,1H3. The van der Waals surface area contributed by atoms with Gasteiger partial charge in [-0.2, -0.15) is 0 Å². The van der Waals surface area contributed by atoms with Crippen LogP contribution in [0.4, 0.5) is 0 Å². The van der Waals surface area contributed by atoms with Gasteiger partial charge in [-0.3, -0.25) is 4.79 Å². The Morgan fingerprint density at radius 3 is 2.56 bits per heavy atom. The molecule has 0 saturated heterocycles. The highest BCUT2D eigenvalue weighted by atomic mass is 16.7. The number of ketones is 1. The Labute approximate surface area is 105 Å². The van der Waals surface area contributed by atoms with Crippen LogP contribution in [0.5, 0.6) is 11.5 Å². The summed E-state index contributed by atoms with van der Waals surface area (Å²) in [6.45, 7) is 1.82. The Morgan fingerprint density at radius 2 is 1.83 bits per heavy atom. The molecule has 1 aliphatic rings. The van der Waals surface area contributed by atoms with Gasteiger partial charge in [0, 0.05) is 11.1 Å². The summed E-state index contributed by atoms with van der Waals surface area (Å²) in [7, 11) is 0. The van der Waals surface area contributed by atoms with Crippen LogP contribution in [0.3, 0.4) is 0 Å². The summed E-state index contributed by atoms with van der Waals surface area (Å²) >= 11 is 0. The van der Waals surface area contributed by atoms with E-state index in [1.807, 2.05) is 42.5 Å². The smallest absolute Gasteiger partial charge is 0.231 e. The summed E-state index contributed by atoms with van der Waals surface area (Å²) in [5.41, 5.74) is 2.71. The highest BCUT2D eigenvalue weighted by Gasteiger charge is 2.18. The highest BCUT2D eigenvalue weighted by Crippen LogP contribution is 2.40. The molecule has 0 amide bonds.